The maximum absolute atomic E-state index is 12.6. The number of ether oxygens (including phenoxy) is 2. The highest BCUT2D eigenvalue weighted by Gasteiger charge is 2.27. The summed E-state index contributed by atoms with van der Waals surface area (Å²) in [4.78, 5) is 50.3. The van der Waals surface area contributed by atoms with Gasteiger partial charge in [-0.2, -0.15) is 0 Å². The molecule has 186 valence electrons. The Bertz CT molecular complexity index is 913. The van der Waals surface area contributed by atoms with Crippen LogP contribution in [0.4, 0.5) is 4.79 Å². The van der Waals surface area contributed by atoms with Gasteiger partial charge >= 0.3 is 12.1 Å². The second-order valence-corrected chi connectivity index (χ2v) is 9.39. The molecule has 1 atom stereocenters. The number of aliphatic hydroxyl groups excluding tert-OH is 1. The Hall–Kier alpha value is -3.27. The van der Waals surface area contributed by atoms with E-state index in [0.717, 1.165) is 0 Å². The molecule has 10 nitrogen and oxygen atoms in total. The molecule has 34 heavy (non-hydrogen) atoms. The number of ketones is 1. The van der Waals surface area contributed by atoms with Gasteiger partial charge in [-0.15, -0.1) is 0 Å². The van der Waals surface area contributed by atoms with Gasteiger partial charge in [-0.1, -0.05) is 31.2 Å². The lowest BCUT2D eigenvalue weighted by molar-refractivity contribution is -0.161. The third-order valence-electron chi connectivity index (χ3n) is 5.40. The van der Waals surface area contributed by atoms with Crippen LogP contribution in [-0.4, -0.2) is 65.6 Å². The summed E-state index contributed by atoms with van der Waals surface area (Å²) in [5.41, 5.74) is 0.00611. The number of alkyl carbamates (subject to hydrolysis) is 1. The fourth-order valence-corrected chi connectivity index (χ4v) is 3.27. The zero-order valence-electron chi connectivity index (χ0n) is 20.1. The summed E-state index contributed by atoms with van der Waals surface area (Å²) in [6, 6.07) is 6.07. The van der Waals surface area contributed by atoms with E-state index in [1.807, 2.05) is 0 Å². The summed E-state index contributed by atoms with van der Waals surface area (Å²) in [5.74, 6) is -1.56. The van der Waals surface area contributed by atoms with Gasteiger partial charge < -0.3 is 19.5 Å². The maximum atomic E-state index is 12.6. The molecule has 0 spiro atoms. The SMILES string of the molecule is C[C@H](CC(=O)c1ccc(C(=N)NC(=O)OCOC(=O)C(C)(C)C)cc1)C(=O)N1CCC(O)CC1. The number of hydrogen-bond acceptors (Lipinski definition) is 8. The van der Waals surface area contributed by atoms with Crippen molar-refractivity contribution in [2.24, 2.45) is 11.3 Å². The molecule has 0 saturated carbocycles. The van der Waals surface area contributed by atoms with Gasteiger partial charge in [0, 0.05) is 36.6 Å². The van der Waals surface area contributed by atoms with Crippen LogP contribution < -0.4 is 5.32 Å². The van der Waals surface area contributed by atoms with Gasteiger partial charge in [0.25, 0.3) is 0 Å². The lowest BCUT2D eigenvalue weighted by Gasteiger charge is -2.31. The number of piperidine rings is 1. The summed E-state index contributed by atoms with van der Waals surface area (Å²) in [6.45, 7) is 7.12. The summed E-state index contributed by atoms with van der Waals surface area (Å²) in [6.07, 6.45) is -0.190. The first-order valence-corrected chi connectivity index (χ1v) is 11.2. The van der Waals surface area contributed by atoms with Crippen molar-refractivity contribution in [2.45, 2.75) is 53.1 Å². The van der Waals surface area contributed by atoms with E-state index in [-0.39, 0.29) is 30.1 Å². The summed E-state index contributed by atoms with van der Waals surface area (Å²) < 4.78 is 9.58. The second kappa shape index (κ2) is 11.7. The average molecular weight is 476 g/mol. The Morgan fingerprint density at radius 1 is 1.09 bits per heavy atom. The van der Waals surface area contributed by atoms with Crippen LogP contribution in [-0.2, 0) is 19.1 Å². The van der Waals surface area contributed by atoms with E-state index in [1.54, 1.807) is 32.6 Å². The minimum atomic E-state index is -0.954. The number of nitrogens with one attached hydrogen (secondary N) is 2. The number of amidine groups is 1. The van der Waals surface area contributed by atoms with Crippen LogP contribution in [0.25, 0.3) is 0 Å². The number of benzene rings is 1. The molecule has 1 fully saturated rings. The van der Waals surface area contributed by atoms with Crippen LogP contribution in [0.5, 0.6) is 0 Å². The largest absolute Gasteiger partial charge is 0.427 e. The summed E-state index contributed by atoms with van der Waals surface area (Å²) >= 11 is 0. The van der Waals surface area contributed by atoms with Crippen LogP contribution >= 0.6 is 0 Å². The van der Waals surface area contributed by atoms with Gasteiger partial charge in [0.05, 0.1) is 11.5 Å². The lowest BCUT2D eigenvalue weighted by atomic mass is 9.96. The predicted octanol–water partition coefficient (Wildman–Crippen LogP) is 2.48. The number of rotatable bonds is 7. The van der Waals surface area contributed by atoms with Gasteiger partial charge in [-0.05, 0) is 33.6 Å². The molecule has 2 amide bonds. The zero-order chi connectivity index (χ0) is 25.5. The van der Waals surface area contributed by atoms with Crippen LogP contribution in [0.3, 0.4) is 0 Å². The van der Waals surface area contributed by atoms with E-state index in [2.05, 4.69) is 5.32 Å². The van der Waals surface area contributed by atoms with E-state index >= 15 is 0 Å². The first kappa shape index (κ1) is 27.0. The van der Waals surface area contributed by atoms with Gasteiger partial charge in [-0.3, -0.25) is 25.1 Å². The molecule has 1 aliphatic rings. The summed E-state index contributed by atoms with van der Waals surface area (Å²) in [5, 5.41) is 19.8. The molecule has 1 aliphatic heterocycles. The van der Waals surface area contributed by atoms with Gasteiger partial charge in [0.15, 0.2) is 5.78 Å². The Morgan fingerprint density at radius 2 is 1.65 bits per heavy atom. The van der Waals surface area contributed by atoms with E-state index < -0.39 is 30.2 Å². The number of esters is 1. The topological polar surface area (TPSA) is 146 Å². The van der Waals surface area contributed by atoms with E-state index in [0.29, 0.717) is 37.1 Å². The molecular formula is C24H33N3O7. The standard InChI is InChI=1S/C24H33N3O7/c1-15(21(30)27-11-9-18(28)10-12-27)13-19(29)16-5-7-17(8-6-16)20(25)26-23(32)34-14-33-22(31)24(2,3)4/h5-8,15,18,28H,9-14H2,1-4H3,(H2,25,26,32)/t15-/m1/s1. The van der Waals surface area contributed by atoms with Crippen LogP contribution in [0.2, 0.25) is 0 Å². The third kappa shape index (κ3) is 7.95. The van der Waals surface area contributed by atoms with Crippen LogP contribution in [0.1, 0.15) is 62.9 Å². The molecule has 1 aromatic rings. The number of hydrogen-bond donors (Lipinski definition) is 3. The smallest absolute Gasteiger partial charge is 0.415 e. The van der Waals surface area contributed by atoms with E-state index in [4.69, 9.17) is 14.9 Å². The highest BCUT2D eigenvalue weighted by molar-refractivity contribution is 6.05. The van der Waals surface area contributed by atoms with Gasteiger partial charge in [0.1, 0.15) is 5.84 Å². The summed E-state index contributed by atoms with van der Waals surface area (Å²) in [7, 11) is 0. The molecule has 10 heteroatoms. The first-order valence-electron chi connectivity index (χ1n) is 11.2. The van der Waals surface area contributed by atoms with Crippen molar-refractivity contribution in [3.8, 4) is 0 Å². The quantitative estimate of drug-likeness (QED) is 0.180. The second-order valence-electron chi connectivity index (χ2n) is 9.39. The highest BCUT2D eigenvalue weighted by Crippen LogP contribution is 2.18. The number of Topliss-reactive ketones (excluding diaryl/α,β-unsaturated/α-hetero) is 1. The zero-order valence-corrected chi connectivity index (χ0v) is 20.1. The average Bonchev–Trinajstić information content (AvgIpc) is 2.78. The molecule has 3 N–H and O–H groups in total. The minimum Gasteiger partial charge on any atom is -0.427 e. The van der Waals surface area contributed by atoms with Crippen molar-refractivity contribution in [3.63, 3.8) is 0 Å². The van der Waals surface area contributed by atoms with Crippen molar-refractivity contribution >= 4 is 29.6 Å². The molecule has 0 radical (unpaired) electrons. The van der Waals surface area contributed by atoms with Crippen LogP contribution in [0.15, 0.2) is 24.3 Å². The first-order chi connectivity index (χ1) is 15.9. The fourth-order valence-electron chi connectivity index (χ4n) is 3.27. The highest BCUT2D eigenvalue weighted by atomic mass is 16.7. The molecular weight excluding hydrogens is 442 g/mol. The molecule has 0 aliphatic carbocycles. The van der Waals surface area contributed by atoms with E-state index in [1.165, 1.54) is 24.3 Å². The van der Waals surface area contributed by atoms with Crippen molar-refractivity contribution in [1.82, 2.24) is 10.2 Å². The fraction of sp³-hybridized carbons (Fsp3) is 0.542. The van der Waals surface area contributed by atoms with Crippen molar-refractivity contribution in [2.75, 3.05) is 19.9 Å². The Kier molecular flexibility index (Phi) is 9.31. The number of carbonyl (C=O) groups excluding carboxylic acids is 4. The predicted molar refractivity (Wildman–Crippen MR) is 123 cm³/mol. The molecule has 1 heterocycles. The van der Waals surface area contributed by atoms with Crippen LogP contribution in [0, 0.1) is 16.7 Å². The monoisotopic (exact) mass is 475 g/mol. The Balaban J connectivity index is 1.82. The van der Waals surface area contributed by atoms with E-state index in [9.17, 15) is 24.3 Å². The molecule has 1 saturated heterocycles. The maximum Gasteiger partial charge on any atom is 0.415 e. The molecule has 2 rings (SSSR count). The normalized spacial score (nSPS) is 15.3. The van der Waals surface area contributed by atoms with Crippen molar-refractivity contribution in [1.29, 1.82) is 5.41 Å². The van der Waals surface area contributed by atoms with Crippen molar-refractivity contribution < 1.29 is 33.8 Å². The Morgan fingerprint density at radius 3 is 2.21 bits per heavy atom. The number of carbonyl (C=O) groups is 4. The number of aliphatic hydroxyl groups is 1. The van der Waals surface area contributed by atoms with Gasteiger partial charge in [-0.25, -0.2) is 4.79 Å². The van der Waals surface area contributed by atoms with Gasteiger partial charge in [0.2, 0.25) is 12.7 Å². The number of likely N-dealkylation sites (tertiary alicyclic amines) is 1. The molecule has 0 bridgehead atoms. The lowest BCUT2D eigenvalue weighted by Crippen LogP contribution is -2.42. The number of amides is 2. The molecule has 0 unspecified atom stereocenters. The third-order valence-corrected chi connectivity index (χ3v) is 5.40. The minimum absolute atomic E-state index is 0.0482. The molecule has 0 aromatic heterocycles. The van der Waals surface area contributed by atoms with Crippen molar-refractivity contribution in [3.05, 3.63) is 35.4 Å². The Labute approximate surface area is 199 Å². The number of nitrogens with zero attached hydrogens (tertiary/aromatic N) is 1. The molecule has 1 aromatic carbocycles.